The Hall–Kier alpha value is -1.31. The van der Waals surface area contributed by atoms with Gasteiger partial charge in [-0.1, -0.05) is 15.9 Å². The van der Waals surface area contributed by atoms with E-state index < -0.39 is 5.82 Å². The number of nitrogens with one attached hydrogen (secondary N) is 1. The molecule has 0 amide bonds. The maximum Gasteiger partial charge on any atom is 0.267 e. The first-order chi connectivity index (χ1) is 9.08. The molecule has 0 saturated heterocycles. The molecule has 96 valence electrons. The highest BCUT2D eigenvalue weighted by Crippen LogP contribution is 2.20. The summed E-state index contributed by atoms with van der Waals surface area (Å²) in [4.78, 5) is 16.0. The van der Waals surface area contributed by atoms with Crippen molar-refractivity contribution in [3.63, 3.8) is 0 Å². The van der Waals surface area contributed by atoms with Gasteiger partial charge in [-0.15, -0.1) is 11.3 Å². The van der Waals surface area contributed by atoms with Crippen LogP contribution in [0.1, 0.15) is 0 Å². The number of aromatic nitrogens is 2. The van der Waals surface area contributed by atoms with E-state index in [1.165, 1.54) is 28.0 Å². The Kier molecular flexibility index (Phi) is 3.12. The minimum Gasteiger partial charge on any atom is -0.323 e. The van der Waals surface area contributed by atoms with Crippen molar-refractivity contribution in [2.45, 2.75) is 0 Å². The summed E-state index contributed by atoms with van der Waals surface area (Å²) in [6, 6.07) is 6.18. The summed E-state index contributed by atoms with van der Waals surface area (Å²) >= 11 is 9.71. The molecule has 3 nitrogen and oxygen atoms in total. The minimum absolute atomic E-state index is 0.141. The monoisotopic (exact) mass is 356 g/mol. The zero-order chi connectivity index (χ0) is 13.6. The molecular weight excluding hydrogens is 351 g/mol. The van der Waals surface area contributed by atoms with E-state index in [9.17, 15) is 9.18 Å². The Balaban J connectivity index is 2.42. The zero-order valence-electron chi connectivity index (χ0n) is 9.31. The maximum absolute atomic E-state index is 14.0. The molecule has 0 unspecified atom stereocenters. The molecule has 19 heavy (non-hydrogen) atoms. The molecule has 0 bridgehead atoms. The van der Waals surface area contributed by atoms with E-state index in [0.717, 1.165) is 0 Å². The molecule has 0 atom stereocenters. The highest BCUT2D eigenvalue weighted by molar-refractivity contribution is 9.10. The minimum atomic E-state index is -0.509. The number of thiophene rings is 1. The summed E-state index contributed by atoms with van der Waals surface area (Å²) in [6.45, 7) is 0. The fraction of sp³-hybridized carbons (Fsp3) is 0. The lowest BCUT2D eigenvalue weighted by Gasteiger charge is -2.07. The van der Waals surface area contributed by atoms with E-state index in [-0.39, 0.29) is 16.0 Å². The number of H-pyrrole nitrogens is 1. The number of hydrogen-bond donors (Lipinski definition) is 1. The Bertz CT molecular complexity index is 897. The number of hydrogen-bond acceptors (Lipinski definition) is 3. The average molecular weight is 357 g/mol. The van der Waals surface area contributed by atoms with Crippen molar-refractivity contribution in [3.05, 3.63) is 55.1 Å². The van der Waals surface area contributed by atoms with Gasteiger partial charge in [0.1, 0.15) is 10.6 Å². The summed E-state index contributed by atoms with van der Waals surface area (Å²) < 4.78 is 15.9. The molecule has 0 spiro atoms. The first kappa shape index (κ1) is 12.7. The topological polar surface area (TPSA) is 37.8 Å². The normalized spacial score (nSPS) is 11.1. The van der Waals surface area contributed by atoms with Gasteiger partial charge in [-0.3, -0.25) is 4.79 Å². The second kappa shape index (κ2) is 4.66. The van der Waals surface area contributed by atoms with Gasteiger partial charge in [0, 0.05) is 4.47 Å². The van der Waals surface area contributed by atoms with E-state index in [0.29, 0.717) is 14.7 Å². The Morgan fingerprint density at radius 3 is 2.89 bits per heavy atom. The quantitative estimate of drug-likeness (QED) is 0.669. The zero-order valence-corrected chi connectivity index (χ0v) is 12.5. The standard InChI is InChI=1S/C12H6BrFN2OS2/c13-6-1-2-9(8(14)5-6)16-11(17)7-3-4-19-10(7)15-12(16)18/h1-5H,(H,15,18). The SMILES string of the molecule is O=c1c2ccsc2[nH]c(=S)n1-c1ccc(Br)cc1F. The third-order valence-electron chi connectivity index (χ3n) is 2.67. The lowest BCUT2D eigenvalue weighted by Crippen LogP contribution is -2.20. The van der Waals surface area contributed by atoms with Gasteiger partial charge in [-0.05, 0) is 41.9 Å². The largest absolute Gasteiger partial charge is 0.323 e. The molecule has 0 radical (unpaired) electrons. The summed E-state index contributed by atoms with van der Waals surface area (Å²) in [7, 11) is 0. The second-order valence-electron chi connectivity index (χ2n) is 3.83. The molecule has 3 aromatic rings. The van der Waals surface area contributed by atoms with Crippen molar-refractivity contribution in [3.8, 4) is 5.69 Å². The van der Waals surface area contributed by atoms with Crippen LogP contribution in [0.5, 0.6) is 0 Å². The lowest BCUT2D eigenvalue weighted by atomic mass is 10.3. The number of aromatic amines is 1. The van der Waals surface area contributed by atoms with Crippen LogP contribution in [0.2, 0.25) is 0 Å². The molecule has 1 N–H and O–H groups in total. The second-order valence-corrected chi connectivity index (χ2v) is 6.05. The molecule has 0 saturated carbocycles. The molecule has 7 heteroatoms. The fourth-order valence-corrected chi connectivity index (χ4v) is 3.28. The third kappa shape index (κ3) is 2.07. The van der Waals surface area contributed by atoms with Crippen LogP contribution in [-0.4, -0.2) is 9.55 Å². The van der Waals surface area contributed by atoms with Crippen LogP contribution >= 0.6 is 39.5 Å². The van der Waals surface area contributed by atoms with Crippen LogP contribution in [-0.2, 0) is 0 Å². The van der Waals surface area contributed by atoms with Crippen molar-refractivity contribution in [2.24, 2.45) is 0 Å². The van der Waals surface area contributed by atoms with Gasteiger partial charge < -0.3 is 4.98 Å². The van der Waals surface area contributed by atoms with Gasteiger partial charge in [-0.25, -0.2) is 8.96 Å². The van der Waals surface area contributed by atoms with Crippen molar-refractivity contribution < 1.29 is 4.39 Å². The van der Waals surface area contributed by atoms with Crippen LogP contribution in [0.3, 0.4) is 0 Å². The number of benzene rings is 1. The van der Waals surface area contributed by atoms with E-state index in [2.05, 4.69) is 20.9 Å². The van der Waals surface area contributed by atoms with Crippen LogP contribution in [0, 0.1) is 10.6 Å². The molecular formula is C12H6BrFN2OS2. The first-order valence-electron chi connectivity index (χ1n) is 5.26. The molecule has 0 aliphatic heterocycles. The van der Waals surface area contributed by atoms with Gasteiger partial charge in [0.25, 0.3) is 5.56 Å². The Morgan fingerprint density at radius 2 is 2.16 bits per heavy atom. The van der Waals surface area contributed by atoms with E-state index >= 15 is 0 Å². The van der Waals surface area contributed by atoms with Crippen LogP contribution < -0.4 is 5.56 Å². The van der Waals surface area contributed by atoms with Gasteiger partial charge in [0.15, 0.2) is 4.77 Å². The molecule has 0 aliphatic rings. The van der Waals surface area contributed by atoms with Gasteiger partial charge in [0.2, 0.25) is 0 Å². The smallest absolute Gasteiger partial charge is 0.267 e. The molecule has 0 fully saturated rings. The van der Waals surface area contributed by atoms with Crippen molar-refractivity contribution in [1.29, 1.82) is 0 Å². The van der Waals surface area contributed by atoms with E-state index in [1.807, 2.05) is 0 Å². The van der Waals surface area contributed by atoms with Gasteiger partial charge >= 0.3 is 0 Å². The number of rotatable bonds is 1. The number of fused-ring (bicyclic) bond motifs is 1. The lowest BCUT2D eigenvalue weighted by molar-refractivity contribution is 0.614. The molecule has 2 aromatic heterocycles. The van der Waals surface area contributed by atoms with Crippen molar-refractivity contribution in [1.82, 2.24) is 9.55 Å². The highest BCUT2D eigenvalue weighted by Gasteiger charge is 2.12. The third-order valence-corrected chi connectivity index (χ3v) is 4.28. The van der Waals surface area contributed by atoms with Crippen molar-refractivity contribution >= 4 is 49.7 Å². The van der Waals surface area contributed by atoms with Crippen LogP contribution in [0.4, 0.5) is 4.39 Å². The van der Waals surface area contributed by atoms with E-state index in [4.69, 9.17) is 12.2 Å². The molecule has 2 heterocycles. The van der Waals surface area contributed by atoms with Gasteiger partial charge in [-0.2, -0.15) is 0 Å². The fourth-order valence-electron chi connectivity index (χ4n) is 1.82. The number of halogens is 2. The Morgan fingerprint density at radius 1 is 1.37 bits per heavy atom. The maximum atomic E-state index is 14.0. The average Bonchev–Trinajstić information content (AvgIpc) is 2.80. The summed E-state index contributed by atoms with van der Waals surface area (Å²) in [5.41, 5.74) is -0.177. The summed E-state index contributed by atoms with van der Waals surface area (Å²) in [5.74, 6) is -0.509. The van der Waals surface area contributed by atoms with Crippen LogP contribution in [0.15, 0.2) is 38.9 Å². The van der Waals surface area contributed by atoms with E-state index in [1.54, 1.807) is 17.5 Å². The highest BCUT2D eigenvalue weighted by atomic mass is 79.9. The summed E-state index contributed by atoms with van der Waals surface area (Å²) in [6.07, 6.45) is 0. The molecule has 3 rings (SSSR count). The van der Waals surface area contributed by atoms with Crippen molar-refractivity contribution in [2.75, 3.05) is 0 Å². The predicted octanol–water partition coefficient (Wildman–Crippen LogP) is 4.01. The van der Waals surface area contributed by atoms with Crippen LogP contribution in [0.25, 0.3) is 15.9 Å². The first-order valence-corrected chi connectivity index (χ1v) is 7.34. The van der Waals surface area contributed by atoms with Gasteiger partial charge in [0.05, 0.1) is 11.1 Å². The Labute approximate surface area is 124 Å². The molecule has 1 aromatic carbocycles. The molecule has 0 aliphatic carbocycles. The summed E-state index contributed by atoms with van der Waals surface area (Å²) in [5, 5.41) is 2.29. The number of nitrogens with zero attached hydrogens (tertiary/aromatic N) is 1. The predicted molar refractivity (Wildman–Crippen MR) is 80.3 cm³/mol.